The van der Waals surface area contributed by atoms with Gasteiger partial charge in [0.15, 0.2) is 0 Å². The van der Waals surface area contributed by atoms with Crippen LogP contribution >= 0.6 is 23.2 Å². The van der Waals surface area contributed by atoms with E-state index in [1.165, 1.54) is 0 Å². The quantitative estimate of drug-likeness (QED) is 0.153. The minimum absolute atomic E-state index is 0.0487. The van der Waals surface area contributed by atoms with Crippen LogP contribution in [0.25, 0.3) is 11.1 Å². The molecule has 0 saturated heterocycles. The summed E-state index contributed by atoms with van der Waals surface area (Å²) >= 11 is 12.5. The average molecular weight is 654 g/mol. The maximum atomic E-state index is 13.9. The molecule has 0 aliphatic carbocycles. The van der Waals surface area contributed by atoms with Crippen LogP contribution in [0.5, 0.6) is 0 Å². The molecule has 0 heterocycles. The molecule has 0 bridgehead atoms. The number of amides is 2. The van der Waals surface area contributed by atoms with Crippen LogP contribution < -0.4 is 10.6 Å². The Morgan fingerprint density at radius 1 is 0.818 bits per heavy atom. The summed E-state index contributed by atoms with van der Waals surface area (Å²) in [4.78, 5) is 26.3. The molecular weight excluding hydrogens is 619 g/mol. The zero-order valence-electron chi connectivity index (χ0n) is 24.6. The number of nitrogens with one attached hydrogen (secondary N) is 2. The zero-order valence-corrected chi connectivity index (χ0v) is 26.9. The Morgan fingerprint density at radius 2 is 1.45 bits per heavy atom. The predicted molar refractivity (Wildman–Crippen MR) is 177 cm³/mol. The lowest BCUT2D eigenvalue weighted by atomic mass is 9.84. The molecule has 7 nitrogen and oxygen atoms in total. The van der Waals surface area contributed by atoms with E-state index in [0.29, 0.717) is 27.7 Å². The largest absolute Gasteiger partial charge is 0.351 e. The van der Waals surface area contributed by atoms with Gasteiger partial charge in [-0.05, 0) is 82.1 Å². The van der Waals surface area contributed by atoms with Gasteiger partial charge in [-0.15, -0.1) is 0 Å². The second-order valence-electron chi connectivity index (χ2n) is 11.6. The van der Waals surface area contributed by atoms with Gasteiger partial charge in [-0.25, -0.2) is 0 Å². The van der Waals surface area contributed by atoms with Crippen molar-refractivity contribution in [2.45, 2.75) is 38.5 Å². The van der Waals surface area contributed by atoms with Crippen LogP contribution in [0.2, 0.25) is 10.0 Å². The molecule has 1 atom stereocenters. The average Bonchev–Trinajstić information content (AvgIpc) is 2.95. The van der Waals surface area contributed by atoms with Crippen molar-refractivity contribution in [3.63, 3.8) is 0 Å². The molecule has 4 aromatic rings. The molecule has 3 N–H and O–H groups in total. The third kappa shape index (κ3) is 9.40. The third-order valence-electron chi connectivity index (χ3n) is 7.14. The summed E-state index contributed by atoms with van der Waals surface area (Å²) < 4.78 is 30.7. The van der Waals surface area contributed by atoms with Crippen molar-refractivity contribution in [2.24, 2.45) is 0 Å². The van der Waals surface area contributed by atoms with Gasteiger partial charge in [0.1, 0.15) is 0 Å². The monoisotopic (exact) mass is 652 g/mol. The molecule has 0 aliphatic rings. The first-order chi connectivity index (χ1) is 20.7. The number of hydrogen-bond donors (Lipinski definition) is 3. The lowest BCUT2D eigenvalue weighted by molar-refractivity contribution is -0.117. The van der Waals surface area contributed by atoms with E-state index in [1.54, 1.807) is 42.5 Å². The van der Waals surface area contributed by atoms with Crippen LogP contribution in [-0.2, 0) is 26.7 Å². The first-order valence-corrected chi connectivity index (χ1v) is 16.3. The number of anilines is 1. The molecule has 4 aromatic carbocycles. The molecule has 0 radical (unpaired) electrons. The third-order valence-corrected chi connectivity index (χ3v) is 8.33. The molecule has 2 amide bonds. The standard InChI is InChI=1S/C34H34Cl2N2O5S/c1-34(2,3)27-12-8-24(9-13-27)31(18-22-4-6-25(7-5-22)32(39)37-16-17-44(41,42)43)33(40)38-30-20-26(19-29(36)21-30)23-10-14-28(35)15-11-23/h4-15,19-21,31H,16-18H2,1-3H3,(H,37,39)(H,38,40)(H,41,42,43). The van der Waals surface area contributed by atoms with Crippen LogP contribution in [0.4, 0.5) is 5.69 Å². The van der Waals surface area contributed by atoms with Gasteiger partial charge in [-0.1, -0.05) is 92.5 Å². The van der Waals surface area contributed by atoms with Crippen LogP contribution in [-0.4, -0.2) is 37.1 Å². The minimum Gasteiger partial charge on any atom is -0.351 e. The summed E-state index contributed by atoms with van der Waals surface area (Å²) in [5.41, 5.74) is 5.38. The second kappa shape index (κ2) is 13.9. The van der Waals surface area contributed by atoms with E-state index >= 15 is 0 Å². The number of carbonyl (C=O) groups is 2. The Bertz CT molecular complexity index is 1730. The van der Waals surface area contributed by atoms with Crippen molar-refractivity contribution in [1.29, 1.82) is 0 Å². The van der Waals surface area contributed by atoms with Crippen LogP contribution in [0.1, 0.15) is 53.7 Å². The zero-order chi connectivity index (χ0) is 32.1. The molecule has 0 spiro atoms. The van der Waals surface area contributed by atoms with E-state index in [1.807, 2.05) is 48.5 Å². The summed E-state index contributed by atoms with van der Waals surface area (Å²) in [7, 11) is -4.18. The summed E-state index contributed by atoms with van der Waals surface area (Å²) in [5.74, 6) is -1.82. The molecule has 10 heteroatoms. The van der Waals surface area contributed by atoms with E-state index in [9.17, 15) is 18.0 Å². The second-order valence-corrected chi connectivity index (χ2v) is 14.0. The molecular formula is C34H34Cl2N2O5S. The fraction of sp³-hybridized carbons (Fsp3) is 0.235. The first-order valence-electron chi connectivity index (χ1n) is 14.0. The highest BCUT2D eigenvalue weighted by molar-refractivity contribution is 7.85. The summed E-state index contributed by atoms with van der Waals surface area (Å²) in [6, 6.07) is 27.5. The fourth-order valence-corrected chi connectivity index (χ4v) is 5.42. The van der Waals surface area contributed by atoms with Gasteiger partial charge in [-0.3, -0.25) is 14.1 Å². The van der Waals surface area contributed by atoms with E-state index in [-0.39, 0.29) is 17.9 Å². The van der Waals surface area contributed by atoms with E-state index in [4.69, 9.17) is 27.8 Å². The molecule has 1 unspecified atom stereocenters. The van der Waals surface area contributed by atoms with Gasteiger partial charge in [0, 0.05) is 27.8 Å². The first kappa shape index (κ1) is 33.2. The predicted octanol–water partition coefficient (Wildman–Crippen LogP) is 7.54. The Balaban J connectivity index is 1.58. The van der Waals surface area contributed by atoms with Crippen LogP contribution in [0, 0.1) is 0 Å². The van der Waals surface area contributed by atoms with Gasteiger partial charge in [-0.2, -0.15) is 8.42 Å². The summed E-state index contributed by atoms with van der Waals surface area (Å²) in [6.07, 6.45) is 0.357. The highest BCUT2D eigenvalue weighted by atomic mass is 35.5. The van der Waals surface area contributed by atoms with Gasteiger partial charge < -0.3 is 10.6 Å². The number of carbonyl (C=O) groups excluding carboxylic acids is 2. The maximum absolute atomic E-state index is 13.9. The molecule has 230 valence electrons. The topological polar surface area (TPSA) is 113 Å². The van der Waals surface area contributed by atoms with Crippen molar-refractivity contribution in [3.05, 3.63) is 123 Å². The Kier molecular flexibility index (Phi) is 10.5. The van der Waals surface area contributed by atoms with Crippen molar-refractivity contribution in [3.8, 4) is 11.1 Å². The number of rotatable bonds is 10. The SMILES string of the molecule is CC(C)(C)c1ccc(C(Cc2ccc(C(=O)NCCS(=O)(=O)O)cc2)C(=O)Nc2cc(Cl)cc(-c3ccc(Cl)cc3)c2)cc1. The fourth-order valence-electron chi connectivity index (χ4n) is 4.70. The minimum atomic E-state index is -4.18. The lowest BCUT2D eigenvalue weighted by Crippen LogP contribution is -2.28. The van der Waals surface area contributed by atoms with Gasteiger partial charge in [0.05, 0.1) is 11.7 Å². The van der Waals surface area contributed by atoms with Crippen molar-refractivity contribution in [1.82, 2.24) is 5.32 Å². The molecule has 4 rings (SSSR count). The van der Waals surface area contributed by atoms with Crippen molar-refractivity contribution < 1.29 is 22.6 Å². The Labute approximate surface area is 268 Å². The summed E-state index contributed by atoms with van der Waals surface area (Å²) in [5, 5.41) is 6.62. The highest BCUT2D eigenvalue weighted by Gasteiger charge is 2.23. The van der Waals surface area contributed by atoms with Crippen molar-refractivity contribution >= 4 is 50.8 Å². The number of benzene rings is 4. The smallest absolute Gasteiger partial charge is 0.266 e. The Hall–Kier alpha value is -3.69. The van der Waals surface area contributed by atoms with E-state index in [2.05, 4.69) is 31.4 Å². The number of halogens is 2. The molecule has 0 fully saturated rings. The molecule has 44 heavy (non-hydrogen) atoms. The van der Waals surface area contributed by atoms with Crippen LogP contribution in [0.15, 0.2) is 91.0 Å². The van der Waals surface area contributed by atoms with E-state index in [0.717, 1.165) is 27.8 Å². The normalized spacial score (nSPS) is 12.4. The van der Waals surface area contributed by atoms with Gasteiger partial charge in [0.25, 0.3) is 16.0 Å². The number of hydrogen-bond acceptors (Lipinski definition) is 4. The molecule has 0 aliphatic heterocycles. The molecule has 0 aromatic heterocycles. The van der Waals surface area contributed by atoms with E-state index < -0.39 is 27.7 Å². The highest BCUT2D eigenvalue weighted by Crippen LogP contribution is 2.31. The maximum Gasteiger partial charge on any atom is 0.266 e. The van der Waals surface area contributed by atoms with Gasteiger partial charge >= 0.3 is 0 Å². The summed E-state index contributed by atoms with van der Waals surface area (Å²) in [6.45, 7) is 6.17. The van der Waals surface area contributed by atoms with Crippen molar-refractivity contribution in [2.75, 3.05) is 17.6 Å². The Morgan fingerprint density at radius 3 is 2.05 bits per heavy atom. The molecule has 0 saturated carbocycles. The van der Waals surface area contributed by atoms with Gasteiger partial charge in [0.2, 0.25) is 5.91 Å². The lowest BCUT2D eigenvalue weighted by Gasteiger charge is -2.22. The van der Waals surface area contributed by atoms with Crippen LogP contribution in [0.3, 0.4) is 0 Å².